The van der Waals surface area contributed by atoms with E-state index in [0.717, 1.165) is 12.0 Å². The van der Waals surface area contributed by atoms with Crippen molar-refractivity contribution in [3.05, 3.63) is 12.2 Å². The van der Waals surface area contributed by atoms with E-state index < -0.39 is 8.32 Å². The van der Waals surface area contributed by atoms with Gasteiger partial charge < -0.3 is 4.43 Å². The van der Waals surface area contributed by atoms with Crippen LogP contribution in [-0.2, 0) is 9.22 Å². The highest BCUT2D eigenvalue weighted by Gasteiger charge is 2.37. The van der Waals surface area contributed by atoms with Crippen LogP contribution < -0.4 is 0 Å². The molecule has 0 bridgehead atoms. The van der Waals surface area contributed by atoms with Gasteiger partial charge in [-0.2, -0.15) is 0 Å². The minimum absolute atomic E-state index is 0.0607. The molecule has 0 saturated carbocycles. The average molecular weight is 256 g/mol. The first-order valence-corrected chi connectivity index (χ1v) is 9.19. The average Bonchev–Trinajstić information content (AvgIpc) is 2.12. The van der Waals surface area contributed by atoms with Crippen LogP contribution in [0.5, 0.6) is 0 Å². The van der Waals surface area contributed by atoms with Gasteiger partial charge in [0.2, 0.25) is 0 Å². The molecule has 0 N–H and O–H groups in total. The summed E-state index contributed by atoms with van der Waals surface area (Å²) in [6.45, 7) is 19.3. The molecule has 0 aliphatic carbocycles. The molecule has 1 atom stereocenters. The lowest BCUT2D eigenvalue weighted by Gasteiger charge is -2.36. The summed E-state index contributed by atoms with van der Waals surface area (Å²) < 4.78 is 6.06. The Morgan fingerprint density at radius 3 is 2.18 bits per heavy atom. The molecule has 17 heavy (non-hydrogen) atoms. The van der Waals surface area contributed by atoms with E-state index in [1.807, 2.05) is 6.92 Å². The second-order valence-corrected chi connectivity index (χ2v) is 11.3. The standard InChI is InChI=1S/C14H28O2Si/c1-11(9-12(2)13(3)15)10-16-17(7,8)14(4,5)6/h12H,1,9-10H2,2-8H3/t12-/m0/s1. The Morgan fingerprint density at radius 2 is 1.82 bits per heavy atom. The smallest absolute Gasteiger partial charge is 0.192 e. The molecule has 0 rings (SSSR count). The van der Waals surface area contributed by atoms with Crippen molar-refractivity contribution in [3.8, 4) is 0 Å². The van der Waals surface area contributed by atoms with Gasteiger partial charge >= 0.3 is 0 Å². The molecule has 0 aliphatic heterocycles. The SMILES string of the molecule is C=C(CO[Si](C)(C)C(C)(C)C)C[C@H](C)C(C)=O. The molecule has 0 radical (unpaired) electrons. The number of ketones is 1. The maximum absolute atomic E-state index is 11.2. The second kappa shape index (κ2) is 5.96. The lowest BCUT2D eigenvalue weighted by Crippen LogP contribution is -2.41. The summed E-state index contributed by atoms with van der Waals surface area (Å²) in [5.74, 6) is 0.281. The first-order valence-electron chi connectivity index (χ1n) is 6.28. The summed E-state index contributed by atoms with van der Waals surface area (Å²) in [5, 5.41) is 0.222. The van der Waals surface area contributed by atoms with Crippen LogP contribution in [0.4, 0.5) is 0 Å². The molecule has 0 saturated heterocycles. The molecule has 0 unspecified atom stereocenters. The molecular formula is C14H28O2Si. The number of carbonyl (C=O) groups is 1. The summed E-state index contributed by atoms with van der Waals surface area (Å²) in [6.07, 6.45) is 0.740. The molecule has 3 heteroatoms. The summed E-state index contributed by atoms with van der Waals surface area (Å²) >= 11 is 0. The van der Waals surface area contributed by atoms with Crippen LogP contribution in [0, 0.1) is 5.92 Å². The summed E-state index contributed by atoms with van der Waals surface area (Å²) in [7, 11) is -1.69. The van der Waals surface area contributed by atoms with Crippen molar-refractivity contribution in [1.29, 1.82) is 0 Å². The quantitative estimate of drug-likeness (QED) is 0.526. The predicted octanol–water partition coefficient (Wildman–Crippen LogP) is 4.18. The molecular weight excluding hydrogens is 228 g/mol. The number of rotatable bonds is 6. The monoisotopic (exact) mass is 256 g/mol. The Labute approximate surface area is 108 Å². The van der Waals surface area contributed by atoms with E-state index in [9.17, 15) is 4.79 Å². The Bertz CT molecular complexity index is 287. The fourth-order valence-electron chi connectivity index (χ4n) is 1.13. The third-order valence-corrected chi connectivity index (χ3v) is 8.21. The fourth-order valence-corrected chi connectivity index (χ4v) is 2.13. The lowest BCUT2D eigenvalue weighted by atomic mass is 9.99. The van der Waals surface area contributed by atoms with Crippen LogP contribution >= 0.6 is 0 Å². The molecule has 0 aromatic heterocycles. The first kappa shape index (κ1) is 16.6. The molecule has 0 aliphatic rings. The van der Waals surface area contributed by atoms with Crippen LogP contribution in [0.25, 0.3) is 0 Å². The topological polar surface area (TPSA) is 26.3 Å². The Hall–Kier alpha value is -0.413. The van der Waals surface area contributed by atoms with E-state index >= 15 is 0 Å². The Morgan fingerprint density at radius 1 is 1.35 bits per heavy atom. The molecule has 0 amide bonds. The molecule has 0 heterocycles. The predicted molar refractivity (Wildman–Crippen MR) is 76.8 cm³/mol. The summed E-state index contributed by atoms with van der Waals surface area (Å²) in [5.41, 5.74) is 1.03. The van der Waals surface area contributed by atoms with Gasteiger partial charge in [-0.1, -0.05) is 39.8 Å². The maximum Gasteiger partial charge on any atom is 0.192 e. The van der Waals surface area contributed by atoms with Gasteiger partial charge in [0.05, 0.1) is 6.61 Å². The van der Waals surface area contributed by atoms with Crippen molar-refractivity contribution >= 4 is 14.1 Å². The van der Waals surface area contributed by atoms with E-state index in [4.69, 9.17) is 4.43 Å². The van der Waals surface area contributed by atoms with Crippen molar-refractivity contribution in [2.24, 2.45) is 5.92 Å². The van der Waals surface area contributed by atoms with Gasteiger partial charge in [-0.25, -0.2) is 0 Å². The van der Waals surface area contributed by atoms with Crippen LogP contribution in [0.2, 0.25) is 18.1 Å². The van der Waals surface area contributed by atoms with Crippen LogP contribution in [0.1, 0.15) is 41.0 Å². The number of Topliss-reactive ketones (excluding diaryl/α,β-unsaturated/α-hetero) is 1. The fraction of sp³-hybridized carbons (Fsp3) is 0.786. The van der Waals surface area contributed by atoms with Gasteiger partial charge in [0.15, 0.2) is 8.32 Å². The Kier molecular flexibility index (Phi) is 5.82. The highest BCUT2D eigenvalue weighted by molar-refractivity contribution is 6.74. The van der Waals surface area contributed by atoms with Crippen LogP contribution in [0.15, 0.2) is 12.2 Å². The van der Waals surface area contributed by atoms with E-state index in [1.54, 1.807) is 6.92 Å². The minimum Gasteiger partial charge on any atom is -0.413 e. The van der Waals surface area contributed by atoms with E-state index in [-0.39, 0.29) is 16.7 Å². The van der Waals surface area contributed by atoms with E-state index in [2.05, 4.69) is 40.4 Å². The summed E-state index contributed by atoms with van der Waals surface area (Å²) in [6, 6.07) is 0. The number of hydrogen-bond donors (Lipinski definition) is 0. The zero-order valence-electron chi connectivity index (χ0n) is 12.5. The summed E-state index contributed by atoms with van der Waals surface area (Å²) in [4.78, 5) is 11.2. The van der Waals surface area contributed by atoms with E-state index in [0.29, 0.717) is 6.61 Å². The first-order chi connectivity index (χ1) is 7.47. The minimum atomic E-state index is -1.69. The van der Waals surface area contributed by atoms with Crippen LogP contribution in [0.3, 0.4) is 0 Å². The third-order valence-electron chi connectivity index (χ3n) is 3.73. The molecule has 0 aromatic carbocycles. The lowest BCUT2D eigenvalue weighted by molar-refractivity contribution is -0.120. The largest absolute Gasteiger partial charge is 0.413 e. The molecule has 100 valence electrons. The van der Waals surface area contributed by atoms with Crippen molar-refractivity contribution in [3.63, 3.8) is 0 Å². The van der Waals surface area contributed by atoms with Gasteiger partial charge in [-0.15, -0.1) is 0 Å². The van der Waals surface area contributed by atoms with Crippen molar-refractivity contribution in [2.45, 2.75) is 59.2 Å². The van der Waals surface area contributed by atoms with Crippen LogP contribution in [-0.4, -0.2) is 20.7 Å². The Balaban J connectivity index is 4.22. The molecule has 0 fully saturated rings. The number of hydrogen-bond acceptors (Lipinski definition) is 2. The highest BCUT2D eigenvalue weighted by Crippen LogP contribution is 2.36. The maximum atomic E-state index is 11.2. The van der Waals surface area contributed by atoms with Gasteiger partial charge in [-0.3, -0.25) is 4.79 Å². The van der Waals surface area contributed by atoms with Crippen molar-refractivity contribution in [1.82, 2.24) is 0 Å². The molecule has 0 spiro atoms. The zero-order valence-corrected chi connectivity index (χ0v) is 13.5. The van der Waals surface area contributed by atoms with Gasteiger partial charge in [-0.05, 0) is 31.5 Å². The van der Waals surface area contributed by atoms with Crippen molar-refractivity contribution in [2.75, 3.05) is 6.61 Å². The van der Waals surface area contributed by atoms with Gasteiger partial charge in [0.1, 0.15) is 5.78 Å². The normalized spacial score (nSPS) is 14.5. The van der Waals surface area contributed by atoms with E-state index in [1.165, 1.54) is 0 Å². The van der Waals surface area contributed by atoms with Crippen molar-refractivity contribution < 1.29 is 9.22 Å². The molecule has 2 nitrogen and oxygen atoms in total. The van der Waals surface area contributed by atoms with Gasteiger partial charge in [0.25, 0.3) is 0 Å². The highest BCUT2D eigenvalue weighted by atomic mass is 28.4. The zero-order chi connectivity index (χ0) is 13.9. The van der Waals surface area contributed by atoms with Gasteiger partial charge in [0, 0.05) is 5.92 Å². The third kappa shape index (κ3) is 5.64. The second-order valence-electron chi connectivity index (χ2n) is 6.51. The molecule has 0 aromatic rings. The number of carbonyl (C=O) groups excluding carboxylic acids is 1.